The molecule has 0 bridgehead atoms. The molecule has 7 heteroatoms. The molecule has 2 rings (SSSR count). The van der Waals surface area contributed by atoms with Gasteiger partial charge in [0.15, 0.2) is 0 Å². The van der Waals surface area contributed by atoms with Crippen LogP contribution in [0.2, 0.25) is 0 Å². The Bertz CT molecular complexity index is 674. The lowest BCUT2D eigenvalue weighted by molar-refractivity contribution is 0.0629. The van der Waals surface area contributed by atoms with E-state index in [-0.39, 0.29) is 5.91 Å². The van der Waals surface area contributed by atoms with Crippen LogP contribution >= 0.6 is 21.6 Å². The topological polar surface area (TPSA) is 51.7 Å². The Hall–Kier alpha value is -1.28. The summed E-state index contributed by atoms with van der Waals surface area (Å²) >= 11 is 0. The molecule has 2 aromatic rings. The van der Waals surface area contributed by atoms with Crippen LogP contribution in [-0.4, -0.2) is 62.6 Å². The van der Waals surface area contributed by atoms with Gasteiger partial charge in [0.1, 0.15) is 0 Å². The minimum absolute atomic E-state index is 0.0252. The molecule has 0 unspecified atom stereocenters. The number of rotatable bonds is 9. The molecule has 1 amide bonds. The van der Waals surface area contributed by atoms with E-state index in [9.17, 15) is 4.79 Å². The zero-order chi connectivity index (χ0) is 17.4. The summed E-state index contributed by atoms with van der Waals surface area (Å²) in [5, 5.41) is 0.876. The van der Waals surface area contributed by atoms with Crippen LogP contribution in [0.15, 0.2) is 35.4 Å². The number of methoxy groups -OCH3 is 2. The Morgan fingerprint density at radius 1 is 1.17 bits per heavy atom. The average molecular weight is 367 g/mol. The summed E-state index contributed by atoms with van der Waals surface area (Å²) < 4.78 is 10.2. The van der Waals surface area contributed by atoms with Crippen molar-refractivity contribution in [2.45, 2.75) is 4.90 Å². The van der Waals surface area contributed by atoms with Crippen LogP contribution in [0.4, 0.5) is 0 Å². The fourth-order valence-corrected chi connectivity index (χ4v) is 3.87. The second-order valence-electron chi connectivity index (χ2n) is 5.04. The first-order valence-corrected chi connectivity index (χ1v) is 10.1. The highest BCUT2D eigenvalue weighted by atomic mass is 33.1. The Balaban J connectivity index is 2.38. The molecule has 0 spiro atoms. The van der Waals surface area contributed by atoms with Crippen molar-refractivity contribution in [3.63, 3.8) is 0 Å². The zero-order valence-corrected chi connectivity index (χ0v) is 15.8. The van der Waals surface area contributed by atoms with Gasteiger partial charge in [0.2, 0.25) is 0 Å². The van der Waals surface area contributed by atoms with Crippen LogP contribution in [0.25, 0.3) is 10.9 Å². The molecule has 0 N–H and O–H groups in total. The minimum atomic E-state index is -0.0252. The van der Waals surface area contributed by atoms with Crippen molar-refractivity contribution in [1.29, 1.82) is 0 Å². The molecule has 0 fully saturated rings. The number of nitrogens with zero attached hydrogens (tertiary/aromatic N) is 2. The predicted molar refractivity (Wildman–Crippen MR) is 101 cm³/mol. The smallest absolute Gasteiger partial charge is 0.254 e. The van der Waals surface area contributed by atoms with Crippen LogP contribution < -0.4 is 0 Å². The normalized spacial score (nSPS) is 11.0. The summed E-state index contributed by atoms with van der Waals surface area (Å²) in [6, 6.07) is 7.66. The lowest BCUT2D eigenvalue weighted by Gasteiger charge is -2.23. The molecule has 0 radical (unpaired) electrons. The summed E-state index contributed by atoms with van der Waals surface area (Å²) in [7, 11) is 6.57. The Labute approximate surface area is 150 Å². The molecule has 0 aliphatic heterocycles. The highest BCUT2D eigenvalue weighted by Crippen LogP contribution is 2.34. The number of carbonyl (C=O) groups is 1. The van der Waals surface area contributed by atoms with Gasteiger partial charge in [-0.15, -0.1) is 0 Å². The van der Waals surface area contributed by atoms with E-state index in [0.717, 1.165) is 15.8 Å². The van der Waals surface area contributed by atoms with Crippen molar-refractivity contribution in [3.05, 3.63) is 36.0 Å². The molecule has 130 valence electrons. The minimum Gasteiger partial charge on any atom is -0.383 e. The average Bonchev–Trinajstić information content (AvgIpc) is 2.62. The number of aromatic nitrogens is 1. The maximum Gasteiger partial charge on any atom is 0.254 e. The highest BCUT2D eigenvalue weighted by molar-refractivity contribution is 8.76. The third-order valence-corrected chi connectivity index (χ3v) is 5.27. The van der Waals surface area contributed by atoms with E-state index in [1.807, 2.05) is 30.5 Å². The van der Waals surface area contributed by atoms with Gasteiger partial charge in [0.05, 0.1) is 18.7 Å². The van der Waals surface area contributed by atoms with Crippen LogP contribution in [-0.2, 0) is 9.47 Å². The first kappa shape index (κ1) is 19.1. The number of fused-ring (bicyclic) bond motifs is 1. The molecule has 1 aromatic carbocycles. The molecule has 0 saturated carbocycles. The van der Waals surface area contributed by atoms with Crippen molar-refractivity contribution >= 4 is 38.4 Å². The van der Waals surface area contributed by atoms with Crippen molar-refractivity contribution in [2.24, 2.45) is 0 Å². The van der Waals surface area contributed by atoms with E-state index < -0.39 is 0 Å². The van der Waals surface area contributed by atoms with Crippen LogP contribution in [0, 0.1) is 0 Å². The van der Waals surface area contributed by atoms with E-state index >= 15 is 0 Å². The van der Waals surface area contributed by atoms with Gasteiger partial charge in [0, 0.05) is 49.4 Å². The number of carbonyl (C=O) groups excluding carboxylic acids is 1. The van der Waals surface area contributed by atoms with Gasteiger partial charge in [-0.25, -0.2) is 0 Å². The standard InChI is InChI=1S/C17H22N2O3S2/c1-21-11-9-19(10-12-22-2)17(20)14-6-7-15(24-23-3)16-13(14)5-4-8-18-16/h4-8H,9-12H2,1-3H3. The summed E-state index contributed by atoms with van der Waals surface area (Å²) in [5.74, 6) is -0.0252. The number of hydrogen-bond donors (Lipinski definition) is 0. The molecule has 0 saturated heterocycles. The zero-order valence-electron chi connectivity index (χ0n) is 14.2. The third kappa shape index (κ3) is 4.63. The number of hydrogen-bond acceptors (Lipinski definition) is 6. The van der Waals surface area contributed by atoms with Crippen LogP contribution in [0.5, 0.6) is 0 Å². The molecular formula is C17H22N2O3S2. The van der Waals surface area contributed by atoms with Crippen LogP contribution in [0.3, 0.4) is 0 Å². The summed E-state index contributed by atoms with van der Waals surface area (Å²) in [5.41, 5.74) is 1.52. The summed E-state index contributed by atoms with van der Waals surface area (Å²) in [6.45, 7) is 2.04. The number of ether oxygens (including phenoxy) is 2. The first-order valence-electron chi connectivity index (χ1n) is 7.58. The van der Waals surface area contributed by atoms with E-state index in [2.05, 4.69) is 4.98 Å². The molecule has 0 atom stereocenters. The maximum absolute atomic E-state index is 13.0. The van der Waals surface area contributed by atoms with E-state index in [0.29, 0.717) is 31.9 Å². The Morgan fingerprint density at radius 3 is 2.50 bits per heavy atom. The lowest BCUT2D eigenvalue weighted by atomic mass is 10.1. The number of pyridine rings is 1. The molecule has 1 aromatic heterocycles. The van der Waals surface area contributed by atoms with E-state index in [4.69, 9.17) is 9.47 Å². The SMILES string of the molecule is COCCN(CCOC)C(=O)c1ccc(SSC)c2ncccc12. The van der Waals surface area contributed by atoms with Crippen molar-refractivity contribution < 1.29 is 14.3 Å². The van der Waals surface area contributed by atoms with E-state index in [1.54, 1.807) is 46.9 Å². The van der Waals surface area contributed by atoms with Crippen molar-refractivity contribution in [2.75, 3.05) is 46.8 Å². The Morgan fingerprint density at radius 2 is 1.88 bits per heavy atom. The first-order chi connectivity index (χ1) is 11.7. The quantitative estimate of drug-likeness (QED) is 0.635. The third-order valence-electron chi connectivity index (χ3n) is 3.55. The number of amides is 1. The van der Waals surface area contributed by atoms with Gasteiger partial charge in [-0.2, -0.15) is 0 Å². The maximum atomic E-state index is 13.0. The fourth-order valence-electron chi connectivity index (χ4n) is 2.38. The summed E-state index contributed by atoms with van der Waals surface area (Å²) in [4.78, 5) is 20.3. The van der Waals surface area contributed by atoms with Gasteiger partial charge >= 0.3 is 0 Å². The van der Waals surface area contributed by atoms with Crippen molar-refractivity contribution in [3.8, 4) is 0 Å². The molecule has 24 heavy (non-hydrogen) atoms. The van der Waals surface area contributed by atoms with Gasteiger partial charge in [-0.3, -0.25) is 9.78 Å². The number of benzene rings is 1. The Kier molecular flexibility index (Phi) is 7.84. The second kappa shape index (κ2) is 9.88. The van der Waals surface area contributed by atoms with Gasteiger partial charge in [0.25, 0.3) is 5.91 Å². The lowest BCUT2D eigenvalue weighted by Crippen LogP contribution is -2.36. The predicted octanol–water partition coefficient (Wildman–Crippen LogP) is 3.34. The second-order valence-corrected chi connectivity index (χ2v) is 7.48. The van der Waals surface area contributed by atoms with Gasteiger partial charge in [-0.1, -0.05) is 27.7 Å². The fraction of sp³-hybridized carbons (Fsp3) is 0.412. The largest absolute Gasteiger partial charge is 0.383 e. The monoisotopic (exact) mass is 366 g/mol. The molecular weight excluding hydrogens is 344 g/mol. The van der Waals surface area contributed by atoms with Crippen LogP contribution in [0.1, 0.15) is 10.4 Å². The molecule has 1 heterocycles. The summed E-state index contributed by atoms with van der Waals surface area (Å²) in [6.07, 6.45) is 3.78. The van der Waals surface area contributed by atoms with E-state index in [1.165, 1.54) is 0 Å². The molecule has 0 aliphatic carbocycles. The molecule has 0 aliphatic rings. The van der Waals surface area contributed by atoms with Gasteiger partial charge < -0.3 is 14.4 Å². The van der Waals surface area contributed by atoms with Crippen molar-refractivity contribution in [1.82, 2.24) is 9.88 Å². The highest BCUT2D eigenvalue weighted by Gasteiger charge is 2.19. The molecule has 5 nitrogen and oxygen atoms in total. The van der Waals surface area contributed by atoms with Gasteiger partial charge in [-0.05, 0) is 24.5 Å².